The quantitative estimate of drug-likeness (QED) is 0.548. The number of benzene rings is 1. The molecule has 0 atom stereocenters. The van der Waals surface area contributed by atoms with Gasteiger partial charge in [0.1, 0.15) is 5.69 Å². The van der Waals surface area contributed by atoms with E-state index < -0.39 is 14.9 Å². The van der Waals surface area contributed by atoms with Crippen LogP contribution in [-0.2, 0) is 16.6 Å². The second-order valence-corrected chi connectivity index (χ2v) is 8.85. The fourth-order valence-electron chi connectivity index (χ4n) is 3.17. The molecule has 28 heavy (non-hydrogen) atoms. The molecule has 0 amide bonds. The van der Waals surface area contributed by atoms with Crippen LogP contribution < -0.4 is 5.32 Å². The third-order valence-electron chi connectivity index (χ3n) is 5.00. The molecule has 0 unspecified atom stereocenters. The number of H-pyrrole nitrogens is 1. The molecule has 0 bridgehead atoms. The molecule has 3 rings (SSSR count). The summed E-state index contributed by atoms with van der Waals surface area (Å²) in [6.07, 6.45) is 0. The van der Waals surface area contributed by atoms with Crippen molar-refractivity contribution in [3.63, 3.8) is 0 Å². The first-order chi connectivity index (χ1) is 13.2. The third-order valence-corrected chi connectivity index (χ3v) is 6.90. The first kappa shape index (κ1) is 20.2. The molecule has 1 aliphatic heterocycles. The zero-order valence-electron chi connectivity index (χ0n) is 16.1. The number of hydrogen-bond acceptors (Lipinski definition) is 7. The van der Waals surface area contributed by atoms with Crippen LogP contribution in [0.5, 0.6) is 0 Å². The standard InChI is InChI=1S/C17H24N6O4S/c1-12-15(13(2)20-19-12)11-18-16-5-4-14(10-17(16)23(24)25)28(26,27)22-8-6-21(3)7-9-22/h4-5,10,18H,6-9,11H2,1-3H3,(H,19,20). The smallest absolute Gasteiger partial charge is 0.293 e. The van der Waals surface area contributed by atoms with Crippen molar-refractivity contribution in [1.29, 1.82) is 0 Å². The molecule has 1 aromatic heterocycles. The van der Waals surface area contributed by atoms with Crippen LogP contribution in [0.2, 0.25) is 0 Å². The lowest BCUT2D eigenvalue weighted by Crippen LogP contribution is -2.47. The van der Waals surface area contributed by atoms with Gasteiger partial charge in [-0.3, -0.25) is 15.2 Å². The van der Waals surface area contributed by atoms with Crippen molar-refractivity contribution in [3.05, 3.63) is 45.3 Å². The summed E-state index contributed by atoms with van der Waals surface area (Å²) in [5, 5.41) is 21.5. The highest BCUT2D eigenvalue weighted by Crippen LogP contribution is 2.30. The largest absolute Gasteiger partial charge is 0.375 e. The van der Waals surface area contributed by atoms with E-state index in [-0.39, 0.29) is 16.3 Å². The number of aromatic amines is 1. The Bertz CT molecular complexity index is 960. The number of aryl methyl sites for hydroxylation is 2. The topological polar surface area (TPSA) is 124 Å². The molecule has 2 heterocycles. The molecule has 0 aliphatic carbocycles. The summed E-state index contributed by atoms with van der Waals surface area (Å²) in [5.41, 5.74) is 2.60. The Morgan fingerprint density at radius 3 is 2.50 bits per heavy atom. The van der Waals surface area contributed by atoms with E-state index in [2.05, 4.69) is 15.5 Å². The first-order valence-electron chi connectivity index (χ1n) is 8.91. The molecule has 0 spiro atoms. The SMILES string of the molecule is Cc1n[nH]c(C)c1CNc1ccc(S(=O)(=O)N2CCN(C)CC2)cc1[N+](=O)[O-]. The van der Waals surface area contributed by atoms with Crippen molar-refractivity contribution in [2.75, 3.05) is 38.5 Å². The Hall–Kier alpha value is -2.50. The molecule has 0 saturated carbocycles. The van der Waals surface area contributed by atoms with Gasteiger partial charge >= 0.3 is 0 Å². The summed E-state index contributed by atoms with van der Waals surface area (Å²) in [5.74, 6) is 0. The molecule has 2 N–H and O–H groups in total. The van der Waals surface area contributed by atoms with Crippen LogP contribution in [0.1, 0.15) is 17.0 Å². The molecule has 0 radical (unpaired) electrons. The van der Waals surface area contributed by atoms with Gasteiger partial charge in [0.2, 0.25) is 10.0 Å². The third kappa shape index (κ3) is 4.01. The van der Waals surface area contributed by atoms with Gasteiger partial charge in [-0.1, -0.05) is 0 Å². The number of hydrogen-bond donors (Lipinski definition) is 2. The summed E-state index contributed by atoms with van der Waals surface area (Å²) in [4.78, 5) is 13.0. The Labute approximate surface area is 163 Å². The predicted molar refractivity (Wildman–Crippen MR) is 105 cm³/mol. The predicted octanol–water partition coefficient (Wildman–Crippen LogP) is 1.48. The Kier molecular flexibility index (Phi) is 5.68. The highest BCUT2D eigenvalue weighted by atomic mass is 32.2. The Morgan fingerprint density at radius 2 is 1.93 bits per heavy atom. The van der Waals surface area contributed by atoms with Gasteiger partial charge in [-0.25, -0.2) is 8.42 Å². The number of sulfonamides is 1. The van der Waals surface area contributed by atoms with E-state index >= 15 is 0 Å². The monoisotopic (exact) mass is 408 g/mol. The van der Waals surface area contributed by atoms with Crippen molar-refractivity contribution in [2.24, 2.45) is 0 Å². The number of nitrogens with zero attached hydrogens (tertiary/aromatic N) is 4. The lowest BCUT2D eigenvalue weighted by molar-refractivity contribution is -0.384. The van der Waals surface area contributed by atoms with Crippen LogP contribution in [-0.4, -0.2) is 66.0 Å². The molecule has 152 valence electrons. The Balaban J connectivity index is 1.86. The van der Waals surface area contributed by atoms with Gasteiger partial charge in [0.25, 0.3) is 5.69 Å². The van der Waals surface area contributed by atoms with Crippen molar-refractivity contribution < 1.29 is 13.3 Å². The van der Waals surface area contributed by atoms with E-state index in [9.17, 15) is 18.5 Å². The van der Waals surface area contributed by atoms with Crippen molar-refractivity contribution >= 4 is 21.4 Å². The zero-order valence-corrected chi connectivity index (χ0v) is 16.9. The molecular weight excluding hydrogens is 384 g/mol. The van der Waals surface area contributed by atoms with Crippen molar-refractivity contribution in [2.45, 2.75) is 25.3 Å². The van der Waals surface area contributed by atoms with Gasteiger partial charge in [0, 0.05) is 50.0 Å². The van der Waals surface area contributed by atoms with E-state index in [0.717, 1.165) is 23.0 Å². The van der Waals surface area contributed by atoms with E-state index in [1.165, 1.54) is 16.4 Å². The van der Waals surface area contributed by atoms with Crippen LogP contribution in [0.4, 0.5) is 11.4 Å². The number of likely N-dealkylation sites (N-methyl/N-ethyl adjacent to an activating group) is 1. The molecular formula is C17H24N6O4S. The Morgan fingerprint density at radius 1 is 1.25 bits per heavy atom. The van der Waals surface area contributed by atoms with Crippen LogP contribution in [0.25, 0.3) is 0 Å². The van der Waals surface area contributed by atoms with Crippen molar-refractivity contribution in [1.82, 2.24) is 19.4 Å². The number of piperazine rings is 1. The number of anilines is 1. The summed E-state index contributed by atoms with van der Waals surface area (Å²) in [6.45, 7) is 6.06. The molecule has 11 heteroatoms. The molecule has 2 aromatic rings. The van der Waals surface area contributed by atoms with E-state index in [1.54, 1.807) is 0 Å². The van der Waals surface area contributed by atoms with Crippen LogP contribution in [0.3, 0.4) is 0 Å². The second kappa shape index (κ2) is 7.86. The van der Waals surface area contributed by atoms with Gasteiger partial charge in [-0.05, 0) is 33.0 Å². The van der Waals surface area contributed by atoms with E-state index in [1.807, 2.05) is 25.8 Å². The molecule has 1 aliphatic rings. The van der Waals surface area contributed by atoms with Crippen LogP contribution in [0.15, 0.2) is 23.1 Å². The number of nitro benzene ring substituents is 1. The lowest BCUT2D eigenvalue weighted by Gasteiger charge is -2.31. The molecule has 1 saturated heterocycles. The highest BCUT2D eigenvalue weighted by Gasteiger charge is 2.29. The molecule has 10 nitrogen and oxygen atoms in total. The van der Waals surface area contributed by atoms with Crippen LogP contribution >= 0.6 is 0 Å². The summed E-state index contributed by atoms with van der Waals surface area (Å²) >= 11 is 0. The minimum Gasteiger partial charge on any atom is -0.375 e. The van der Waals surface area contributed by atoms with Gasteiger partial charge in [0.15, 0.2) is 0 Å². The average molecular weight is 408 g/mol. The highest BCUT2D eigenvalue weighted by molar-refractivity contribution is 7.89. The summed E-state index contributed by atoms with van der Waals surface area (Å²) in [7, 11) is -1.84. The van der Waals surface area contributed by atoms with Gasteiger partial charge in [0.05, 0.1) is 15.5 Å². The number of nitro groups is 1. The average Bonchev–Trinajstić information content (AvgIpc) is 2.98. The zero-order chi connectivity index (χ0) is 20.5. The van der Waals surface area contributed by atoms with Gasteiger partial charge in [-0.2, -0.15) is 9.40 Å². The fourth-order valence-corrected chi connectivity index (χ4v) is 4.61. The maximum Gasteiger partial charge on any atom is 0.293 e. The van der Waals surface area contributed by atoms with Gasteiger partial charge < -0.3 is 10.2 Å². The second-order valence-electron chi connectivity index (χ2n) is 6.91. The van der Waals surface area contributed by atoms with Crippen molar-refractivity contribution in [3.8, 4) is 0 Å². The fraction of sp³-hybridized carbons (Fsp3) is 0.471. The molecule has 1 fully saturated rings. The maximum atomic E-state index is 12.9. The molecule has 1 aromatic carbocycles. The summed E-state index contributed by atoms with van der Waals surface area (Å²) in [6, 6.07) is 4.00. The summed E-state index contributed by atoms with van der Waals surface area (Å²) < 4.78 is 27.1. The normalized spacial score (nSPS) is 16.2. The number of aromatic nitrogens is 2. The number of nitrogens with one attached hydrogen (secondary N) is 2. The lowest BCUT2D eigenvalue weighted by atomic mass is 10.2. The minimum absolute atomic E-state index is 0.0648. The van der Waals surface area contributed by atoms with Gasteiger partial charge in [-0.15, -0.1) is 0 Å². The maximum absolute atomic E-state index is 12.9. The van der Waals surface area contributed by atoms with E-state index in [4.69, 9.17) is 0 Å². The minimum atomic E-state index is -3.77. The number of rotatable bonds is 6. The first-order valence-corrected chi connectivity index (χ1v) is 10.4. The van der Waals surface area contributed by atoms with E-state index in [0.29, 0.717) is 32.7 Å². The van der Waals surface area contributed by atoms with Crippen LogP contribution in [0, 0.1) is 24.0 Å².